The van der Waals surface area contributed by atoms with E-state index in [4.69, 9.17) is 5.41 Å². The highest BCUT2D eigenvalue weighted by Gasteiger charge is 2.29. The number of nitrogens with one attached hydrogen (secondary N) is 1. The number of halogens is 4. The van der Waals surface area contributed by atoms with Crippen molar-refractivity contribution in [1.82, 2.24) is 0 Å². The van der Waals surface area contributed by atoms with Crippen molar-refractivity contribution in [3.8, 4) is 0 Å². The lowest BCUT2D eigenvalue weighted by atomic mass is 10.2. The molecule has 0 bridgehead atoms. The number of rotatable bonds is 2. The molecule has 74 valence electrons. The van der Waals surface area contributed by atoms with Crippen LogP contribution in [-0.4, -0.2) is 18.7 Å². The Bertz CT molecular complexity index is 146. The molecule has 0 saturated heterocycles. The highest BCUT2D eigenvalue weighted by molar-refractivity contribution is 5.85. The summed E-state index contributed by atoms with van der Waals surface area (Å²) in [6.07, 6.45) is -4.35. The SMILES string of the molecule is CC(C)C(=N)OCC(F)(F)F.Cl. The molecule has 2 nitrogen and oxygen atoms in total. The van der Waals surface area contributed by atoms with E-state index < -0.39 is 12.8 Å². The Hall–Kier alpha value is -0.450. The third-order valence-electron chi connectivity index (χ3n) is 0.916. The van der Waals surface area contributed by atoms with Gasteiger partial charge in [-0.2, -0.15) is 13.2 Å². The van der Waals surface area contributed by atoms with Gasteiger partial charge in [0.2, 0.25) is 0 Å². The summed E-state index contributed by atoms with van der Waals surface area (Å²) >= 11 is 0. The van der Waals surface area contributed by atoms with Gasteiger partial charge in [-0.15, -0.1) is 12.4 Å². The van der Waals surface area contributed by atoms with Gasteiger partial charge in [-0.3, -0.25) is 5.41 Å². The van der Waals surface area contributed by atoms with Crippen LogP contribution < -0.4 is 0 Å². The molecule has 0 heterocycles. The van der Waals surface area contributed by atoms with E-state index in [1.165, 1.54) is 0 Å². The Kier molecular flexibility index (Phi) is 6.16. The van der Waals surface area contributed by atoms with Crippen LogP contribution in [0.1, 0.15) is 13.8 Å². The van der Waals surface area contributed by atoms with E-state index >= 15 is 0 Å². The molecule has 0 amide bonds. The molecule has 0 aromatic rings. The molecule has 1 N–H and O–H groups in total. The fourth-order valence-electron chi connectivity index (χ4n) is 0.326. The van der Waals surface area contributed by atoms with Crippen molar-refractivity contribution >= 4 is 18.3 Å². The fraction of sp³-hybridized carbons (Fsp3) is 0.833. The van der Waals surface area contributed by atoms with Gasteiger partial charge in [0.25, 0.3) is 0 Å². The van der Waals surface area contributed by atoms with Gasteiger partial charge in [0.1, 0.15) is 0 Å². The fourth-order valence-corrected chi connectivity index (χ4v) is 0.326. The average Bonchev–Trinajstić information content (AvgIpc) is 1.80. The number of hydrogen-bond acceptors (Lipinski definition) is 2. The molecule has 0 fully saturated rings. The molecule has 0 radical (unpaired) electrons. The van der Waals surface area contributed by atoms with Crippen LogP contribution in [-0.2, 0) is 4.74 Å². The summed E-state index contributed by atoms with van der Waals surface area (Å²) < 4.78 is 38.5. The van der Waals surface area contributed by atoms with E-state index in [1.54, 1.807) is 13.8 Å². The molecule has 0 aromatic heterocycles. The second-order valence-electron chi connectivity index (χ2n) is 2.42. The number of hydrogen-bond donors (Lipinski definition) is 1. The first-order valence-corrected chi connectivity index (χ1v) is 3.11. The predicted molar refractivity (Wildman–Crippen MR) is 41.8 cm³/mol. The third kappa shape index (κ3) is 7.65. The van der Waals surface area contributed by atoms with Crippen molar-refractivity contribution < 1.29 is 17.9 Å². The van der Waals surface area contributed by atoms with Crippen molar-refractivity contribution in [3.05, 3.63) is 0 Å². The van der Waals surface area contributed by atoms with Crippen LogP contribution in [0.4, 0.5) is 13.2 Å². The molecule has 0 unspecified atom stereocenters. The van der Waals surface area contributed by atoms with Gasteiger partial charge in [0.15, 0.2) is 12.5 Å². The van der Waals surface area contributed by atoms with Gasteiger partial charge >= 0.3 is 6.18 Å². The summed E-state index contributed by atoms with van der Waals surface area (Å²) in [4.78, 5) is 0. The minimum absolute atomic E-state index is 0. The van der Waals surface area contributed by atoms with Gasteiger partial charge in [-0.25, -0.2) is 0 Å². The van der Waals surface area contributed by atoms with Crippen LogP contribution in [0.15, 0.2) is 0 Å². The standard InChI is InChI=1S/C6H10F3NO.ClH/c1-4(2)5(10)11-3-6(7,8)9;/h4,10H,3H2,1-2H3;1H. The smallest absolute Gasteiger partial charge is 0.422 e. The first kappa shape index (κ1) is 14.1. The summed E-state index contributed by atoms with van der Waals surface area (Å²) in [5.74, 6) is -0.625. The molecule has 0 aliphatic rings. The molecule has 0 aromatic carbocycles. The minimum Gasteiger partial charge on any atom is -0.471 e. The molecule has 0 saturated carbocycles. The van der Waals surface area contributed by atoms with Crippen LogP contribution in [0.5, 0.6) is 0 Å². The van der Waals surface area contributed by atoms with Crippen molar-refractivity contribution in [2.45, 2.75) is 20.0 Å². The molecular formula is C6H11ClF3NO. The molecule has 0 spiro atoms. The summed E-state index contributed by atoms with van der Waals surface area (Å²) in [5.41, 5.74) is 0. The first-order valence-electron chi connectivity index (χ1n) is 3.11. The largest absolute Gasteiger partial charge is 0.471 e. The molecule has 12 heavy (non-hydrogen) atoms. The Morgan fingerprint density at radius 3 is 2.08 bits per heavy atom. The normalized spacial score (nSPS) is 10.8. The quantitative estimate of drug-likeness (QED) is 0.546. The second-order valence-corrected chi connectivity index (χ2v) is 2.42. The van der Waals surface area contributed by atoms with Crippen molar-refractivity contribution in [1.29, 1.82) is 5.41 Å². The van der Waals surface area contributed by atoms with Crippen molar-refractivity contribution in [3.63, 3.8) is 0 Å². The second kappa shape index (κ2) is 5.24. The maximum absolute atomic E-state index is 11.5. The van der Waals surface area contributed by atoms with Gasteiger partial charge in [-0.05, 0) is 0 Å². The molecule has 0 atom stereocenters. The van der Waals surface area contributed by atoms with Crippen molar-refractivity contribution in [2.75, 3.05) is 6.61 Å². The lowest BCUT2D eigenvalue weighted by Crippen LogP contribution is -2.22. The third-order valence-corrected chi connectivity index (χ3v) is 0.916. The van der Waals surface area contributed by atoms with E-state index in [-0.39, 0.29) is 24.2 Å². The average molecular weight is 206 g/mol. The monoisotopic (exact) mass is 205 g/mol. The van der Waals surface area contributed by atoms with Crippen LogP contribution in [0, 0.1) is 11.3 Å². The molecule has 0 rings (SSSR count). The summed E-state index contributed by atoms with van der Waals surface area (Å²) in [5, 5.41) is 6.90. The van der Waals surface area contributed by atoms with Gasteiger partial charge in [-0.1, -0.05) is 13.8 Å². The van der Waals surface area contributed by atoms with Crippen molar-refractivity contribution in [2.24, 2.45) is 5.92 Å². The highest BCUT2D eigenvalue weighted by atomic mass is 35.5. The minimum atomic E-state index is -4.35. The molecule has 0 aliphatic carbocycles. The van der Waals surface area contributed by atoms with Gasteiger partial charge in [0, 0.05) is 5.92 Å². The van der Waals surface area contributed by atoms with E-state index in [9.17, 15) is 13.2 Å². The summed E-state index contributed by atoms with van der Waals surface area (Å²) in [6, 6.07) is 0. The Morgan fingerprint density at radius 1 is 1.42 bits per heavy atom. The van der Waals surface area contributed by atoms with Gasteiger partial charge < -0.3 is 4.74 Å². The van der Waals surface area contributed by atoms with Crippen LogP contribution >= 0.6 is 12.4 Å². The Labute approximate surface area is 75.0 Å². The summed E-state index contributed by atoms with van der Waals surface area (Å²) in [6.45, 7) is 1.82. The maximum atomic E-state index is 11.5. The van der Waals surface area contributed by atoms with Crippen LogP contribution in [0.3, 0.4) is 0 Å². The Morgan fingerprint density at radius 2 is 1.83 bits per heavy atom. The lowest BCUT2D eigenvalue weighted by Gasteiger charge is -2.11. The van der Waals surface area contributed by atoms with Crippen LogP contribution in [0.2, 0.25) is 0 Å². The van der Waals surface area contributed by atoms with E-state index in [0.717, 1.165) is 0 Å². The zero-order chi connectivity index (χ0) is 9.07. The zero-order valence-corrected chi connectivity index (χ0v) is 7.55. The highest BCUT2D eigenvalue weighted by Crippen LogP contribution is 2.15. The number of ether oxygens (including phenoxy) is 1. The maximum Gasteiger partial charge on any atom is 0.422 e. The van der Waals surface area contributed by atoms with Crippen LogP contribution in [0.25, 0.3) is 0 Å². The molecular weight excluding hydrogens is 195 g/mol. The molecule has 6 heteroatoms. The number of alkyl halides is 3. The first-order chi connectivity index (χ1) is 4.83. The van der Waals surface area contributed by atoms with E-state index in [2.05, 4.69) is 4.74 Å². The van der Waals surface area contributed by atoms with E-state index in [1.807, 2.05) is 0 Å². The Balaban J connectivity index is 0. The lowest BCUT2D eigenvalue weighted by molar-refractivity contribution is -0.157. The predicted octanol–water partition coefficient (Wildman–Crippen LogP) is 2.62. The summed E-state index contributed by atoms with van der Waals surface area (Å²) in [7, 11) is 0. The zero-order valence-electron chi connectivity index (χ0n) is 6.73. The molecule has 0 aliphatic heterocycles. The topological polar surface area (TPSA) is 33.1 Å². The van der Waals surface area contributed by atoms with E-state index in [0.29, 0.717) is 0 Å². The van der Waals surface area contributed by atoms with Gasteiger partial charge in [0.05, 0.1) is 0 Å².